The topological polar surface area (TPSA) is 111 Å². The second-order valence-corrected chi connectivity index (χ2v) is 8.67. The van der Waals surface area contributed by atoms with Gasteiger partial charge in [0.05, 0.1) is 31.6 Å². The van der Waals surface area contributed by atoms with Crippen molar-refractivity contribution in [1.82, 2.24) is 14.8 Å². The van der Waals surface area contributed by atoms with Gasteiger partial charge in [-0.3, -0.25) is 14.2 Å². The van der Waals surface area contributed by atoms with Gasteiger partial charge in [-0.1, -0.05) is 11.8 Å². The number of morpholine rings is 1. The average molecular weight is 461 g/mol. The molecule has 172 valence electrons. The molecule has 11 heteroatoms. The summed E-state index contributed by atoms with van der Waals surface area (Å²) in [4.78, 5) is 25.8. The molecular weight excluding hydrogens is 432 g/mol. The van der Waals surface area contributed by atoms with Crippen LogP contribution in [0.5, 0.6) is 0 Å². The number of anilines is 3. The Morgan fingerprint density at radius 2 is 1.81 bits per heavy atom. The number of thioether (sulfide) groups is 1. The Balaban J connectivity index is 1.38. The van der Waals surface area contributed by atoms with Gasteiger partial charge in [0.1, 0.15) is 0 Å². The maximum Gasteiger partial charge on any atom is 0.234 e. The average Bonchev–Trinajstić information content (AvgIpc) is 3.44. The van der Waals surface area contributed by atoms with Crippen LogP contribution in [0.1, 0.15) is 19.8 Å². The third-order valence-electron chi connectivity index (χ3n) is 5.22. The summed E-state index contributed by atoms with van der Waals surface area (Å²) in [5, 5.41) is 15.1. The van der Waals surface area contributed by atoms with E-state index in [4.69, 9.17) is 9.47 Å². The van der Waals surface area contributed by atoms with Crippen molar-refractivity contribution in [1.29, 1.82) is 0 Å². The lowest BCUT2D eigenvalue weighted by molar-refractivity contribution is -0.114. The standard InChI is InChI=1S/C21H28N6O4S/c1-15(28)22-16-4-6-17(7-5-16)23-19(29)14-32-21-25-24-20(26-8-11-30-12-9-26)27(21)13-18-3-2-10-31-18/h4-7,18H,2-3,8-14H2,1H3,(H,22,28)(H,23,29). The van der Waals surface area contributed by atoms with E-state index >= 15 is 0 Å². The maximum atomic E-state index is 12.5. The van der Waals surface area contributed by atoms with Crippen molar-refractivity contribution >= 4 is 40.9 Å². The van der Waals surface area contributed by atoms with Gasteiger partial charge in [0.25, 0.3) is 0 Å². The molecule has 0 spiro atoms. The molecule has 2 aliphatic heterocycles. The van der Waals surface area contributed by atoms with Gasteiger partial charge in [-0.2, -0.15) is 0 Å². The molecule has 1 aromatic carbocycles. The summed E-state index contributed by atoms with van der Waals surface area (Å²) >= 11 is 1.36. The van der Waals surface area contributed by atoms with Crippen LogP contribution in [-0.4, -0.2) is 71.3 Å². The Kier molecular flexibility index (Phi) is 7.61. The first-order chi connectivity index (χ1) is 15.6. The Morgan fingerprint density at radius 1 is 1.09 bits per heavy atom. The van der Waals surface area contributed by atoms with Crippen LogP contribution in [-0.2, 0) is 25.6 Å². The smallest absolute Gasteiger partial charge is 0.234 e. The predicted molar refractivity (Wildman–Crippen MR) is 122 cm³/mol. The first-order valence-electron chi connectivity index (χ1n) is 10.8. The fraction of sp³-hybridized carbons (Fsp3) is 0.524. The van der Waals surface area contributed by atoms with Crippen molar-refractivity contribution in [3.63, 3.8) is 0 Å². The van der Waals surface area contributed by atoms with Crippen LogP contribution in [0, 0.1) is 0 Å². The summed E-state index contributed by atoms with van der Waals surface area (Å²) in [6, 6.07) is 7.00. The normalized spacial score (nSPS) is 18.5. The van der Waals surface area contributed by atoms with Crippen molar-refractivity contribution < 1.29 is 19.1 Å². The van der Waals surface area contributed by atoms with Crippen molar-refractivity contribution in [2.24, 2.45) is 0 Å². The lowest BCUT2D eigenvalue weighted by atomic mass is 10.2. The highest BCUT2D eigenvalue weighted by Gasteiger charge is 2.25. The first kappa shape index (κ1) is 22.6. The molecule has 1 aromatic heterocycles. The van der Waals surface area contributed by atoms with Crippen LogP contribution < -0.4 is 15.5 Å². The van der Waals surface area contributed by atoms with Crippen LogP contribution >= 0.6 is 11.8 Å². The summed E-state index contributed by atoms with van der Waals surface area (Å²) in [7, 11) is 0. The molecule has 2 N–H and O–H groups in total. The number of benzene rings is 1. The van der Waals surface area contributed by atoms with E-state index in [1.807, 2.05) is 0 Å². The summed E-state index contributed by atoms with van der Waals surface area (Å²) < 4.78 is 13.4. The SMILES string of the molecule is CC(=O)Nc1ccc(NC(=O)CSc2nnc(N3CCOCC3)n2CC2CCCO2)cc1. The Morgan fingerprint density at radius 3 is 2.47 bits per heavy atom. The molecule has 32 heavy (non-hydrogen) atoms. The fourth-order valence-electron chi connectivity index (χ4n) is 3.70. The number of aromatic nitrogens is 3. The molecule has 2 fully saturated rings. The molecule has 2 saturated heterocycles. The number of nitrogens with zero attached hydrogens (tertiary/aromatic N) is 4. The number of rotatable bonds is 8. The number of amides is 2. The minimum absolute atomic E-state index is 0.137. The number of nitrogens with one attached hydrogen (secondary N) is 2. The summed E-state index contributed by atoms with van der Waals surface area (Å²) in [6.07, 6.45) is 2.21. The van der Waals surface area contributed by atoms with Gasteiger partial charge in [-0.05, 0) is 37.1 Å². The van der Waals surface area contributed by atoms with Gasteiger partial charge in [0.15, 0.2) is 5.16 Å². The lowest BCUT2D eigenvalue weighted by Gasteiger charge is -2.28. The summed E-state index contributed by atoms with van der Waals surface area (Å²) in [6.45, 7) is 5.78. The van der Waals surface area contributed by atoms with E-state index in [1.54, 1.807) is 24.3 Å². The van der Waals surface area contributed by atoms with Gasteiger partial charge in [-0.15, -0.1) is 10.2 Å². The quantitative estimate of drug-likeness (QED) is 0.576. The van der Waals surface area contributed by atoms with Crippen LogP contribution in [0.25, 0.3) is 0 Å². The lowest BCUT2D eigenvalue weighted by Crippen LogP contribution is -2.38. The molecule has 0 saturated carbocycles. The fourth-order valence-corrected chi connectivity index (χ4v) is 4.45. The van der Waals surface area contributed by atoms with Gasteiger partial charge < -0.3 is 25.0 Å². The Hall–Kier alpha value is -2.63. The van der Waals surface area contributed by atoms with E-state index in [0.29, 0.717) is 36.3 Å². The molecule has 4 rings (SSSR count). The molecule has 1 unspecified atom stereocenters. The van der Waals surface area contributed by atoms with Crippen LogP contribution in [0.2, 0.25) is 0 Å². The van der Waals surface area contributed by atoms with E-state index in [0.717, 1.165) is 38.5 Å². The van der Waals surface area contributed by atoms with Crippen molar-refractivity contribution in [2.75, 3.05) is 54.2 Å². The molecular formula is C21H28N6O4S. The maximum absolute atomic E-state index is 12.5. The molecule has 0 aliphatic carbocycles. The highest BCUT2D eigenvalue weighted by atomic mass is 32.2. The zero-order chi connectivity index (χ0) is 22.3. The second-order valence-electron chi connectivity index (χ2n) is 7.72. The highest BCUT2D eigenvalue weighted by molar-refractivity contribution is 7.99. The van der Waals surface area contributed by atoms with Gasteiger partial charge >= 0.3 is 0 Å². The molecule has 3 heterocycles. The number of carbonyl (C=O) groups is 2. The Bertz CT molecular complexity index is 923. The van der Waals surface area contributed by atoms with Crippen molar-refractivity contribution in [2.45, 2.75) is 37.6 Å². The van der Waals surface area contributed by atoms with Gasteiger partial charge in [0, 0.05) is 38.0 Å². The minimum atomic E-state index is -0.137. The third-order valence-corrected chi connectivity index (χ3v) is 6.19. The summed E-state index contributed by atoms with van der Waals surface area (Å²) in [5.41, 5.74) is 1.35. The van der Waals surface area contributed by atoms with E-state index in [2.05, 4.69) is 30.3 Å². The van der Waals surface area contributed by atoms with E-state index < -0.39 is 0 Å². The number of hydrogen-bond acceptors (Lipinski definition) is 8. The van der Waals surface area contributed by atoms with Crippen LogP contribution in [0.3, 0.4) is 0 Å². The molecule has 10 nitrogen and oxygen atoms in total. The molecule has 0 radical (unpaired) electrons. The molecule has 2 aromatic rings. The zero-order valence-electron chi connectivity index (χ0n) is 18.1. The first-order valence-corrected chi connectivity index (χ1v) is 11.7. The molecule has 2 amide bonds. The van der Waals surface area contributed by atoms with Gasteiger partial charge in [0.2, 0.25) is 17.8 Å². The van der Waals surface area contributed by atoms with Crippen LogP contribution in [0.15, 0.2) is 29.4 Å². The van der Waals surface area contributed by atoms with E-state index in [-0.39, 0.29) is 23.7 Å². The second kappa shape index (κ2) is 10.8. The summed E-state index contributed by atoms with van der Waals surface area (Å²) in [5.74, 6) is 0.740. The predicted octanol–water partition coefficient (Wildman–Crippen LogP) is 1.98. The highest BCUT2D eigenvalue weighted by Crippen LogP contribution is 2.26. The molecule has 0 bridgehead atoms. The van der Waals surface area contributed by atoms with Crippen molar-refractivity contribution in [3.05, 3.63) is 24.3 Å². The third kappa shape index (κ3) is 5.99. The largest absolute Gasteiger partial charge is 0.378 e. The number of carbonyl (C=O) groups excluding carboxylic acids is 2. The molecule has 2 aliphatic rings. The zero-order valence-corrected chi connectivity index (χ0v) is 18.9. The van der Waals surface area contributed by atoms with Gasteiger partial charge in [-0.25, -0.2) is 0 Å². The monoisotopic (exact) mass is 460 g/mol. The minimum Gasteiger partial charge on any atom is -0.378 e. The number of ether oxygens (including phenoxy) is 2. The van der Waals surface area contributed by atoms with E-state index in [1.165, 1.54) is 18.7 Å². The molecule has 1 atom stereocenters. The number of hydrogen-bond donors (Lipinski definition) is 2. The van der Waals surface area contributed by atoms with E-state index in [9.17, 15) is 9.59 Å². The Labute approximate surface area is 191 Å². The van der Waals surface area contributed by atoms with Crippen molar-refractivity contribution in [3.8, 4) is 0 Å². The van der Waals surface area contributed by atoms with Crippen LogP contribution in [0.4, 0.5) is 17.3 Å².